The van der Waals surface area contributed by atoms with Gasteiger partial charge in [-0.25, -0.2) is 0 Å². The molecule has 2 aliphatic rings. The second kappa shape index (κ2) is 5.37. The summed E-state index contributed by atoms with van der Waals surface area (Å²) >= 11 is 0. The zero-order valence-electron chi connectivity index (χ0n) is 10.00. The van der Waals surface area contributed by atoms with E-state index in [4.69, 9.17) is 5.73 Å². The highest BCUT2D eigenvalue weighted by Gasteiger charge is 2.37. The normalized spacial score (nSPS) is 24.6. The van der Waals surface area contributed by atoms with Crippen LogP contribution in [0.3, 0.4) is 0 Å². The van der Waals surface area contributed by atoms with E-state index in [0.29, 0.717) is 6.04 Å². The summed E-state index contributed by atoms with van der Waals surface area (Å²) in [6.45, 7) is 2.09. The van der Waals surface area contributed by atoms with E-state index in [-0.39, 0.29) is 18.3 Å². The van der Waals surface area contributed by atoms with Crippen molar-refractivity contribution < 1.29 is 4.79 Å². The molecule has 0 aromatic heterocycles. The first kappa shape index (κ1) is 13.8. The Morgan fingerprint density at radius 2 is 2.00 bits per heavy atom. The van der Waals surface area contributed by atoms with E-state index in [1.807, 2.05) is 0 Å². The van der Waals surface area contributed by atoms with Crippen molar-refractivity contribution in [2.45, 2.75) is 63.5 Å². The second-order valence-corrected chi connectivity index (χ2v) is 5.42. The van der Waals surface area contributed by atoms with Gasteiger partial charge in [0.15, 0.2) is 0 Å². The summed E-state index contributed by atoms with van der Waals surface area (Å²) in [4.78, 5) is 11.9. The van der Waals surface area contributed by atoms with E-state index < -0.39 is 5.54 Å². The molecule has 94 valence electrons. The standard InChI is InChI=1S/C12H22N2O.ClH/c1-9(8-10-4-5-10)14-11(15)12(13)6-2-3-7-12;/h9-10H,2-8,13H2,1H3,(H,14,15);1H. The van der Waals surface area contributed by atoms with Gasteiger partial charge in [0.2, 0.25) is 5.91 Å². The number of carbonyl (C=O) groups excluding carboxylic acids is 1. The molecule has 3 N–H and O–H groups in total. The van der Waals surface area contributed by atoms with Crippen molar-refractivity contribution in [1.29, 1.82) is 0 Å². The molecule has 0 aromatic carbocycles. The van der Waals surface area contributed by atoms with Crippen LogP contribution < -0.4 is 11.1 Å². The molecule has 1 unspecified atom stereocenters. The van der Waals surface area contributed by atoms with Crippen LogP contribution in [0, 0.1) is 5.92 Å². The average molecular weight is 247 g/mol. The van der Waals surface area contributed by atoms with Crippen molar-refractivity contribution in [2.75, 3.05) is 0 Å². The lowest BCUT2D eigenvalue weighted by Gasteiger charge is -2.25. The summed E-state index contributed by atoms with van der Waals surface area (Å²) in [5.41, 5.74) is 5.53. The zero-order valence-corrected chi connectivity index (χ0v) is 10.8. The molecular formula is C12H23ClN2O. The van der Waals surface area contributed by atoms with Crippen molar-refractivity contribution in [2.24, 2.45) is 11.7 Å². The molecule has 0 saturated heterocycles. The largest absolute Gasteiger partial charge is 0.352 e. The number of hydrogen-bond donors (Lipinski definition) is 2. The second-order valence-electron chi connectivity index (χ2n) is 5.42. The Bertz CT molecular complexity index is 247. The van der Waals surface area contributed by atoms with E-state index in [0.717, 1.165) is 38.0 Å². The highest BCUT2D eigenvalue weighted by molar-refractivity contribution is 5.86. The SMILES string of the molecule is CC(CC1CC1)NC(=O)C1(N)CCCC1.Cl. The first-order valence-corrected chi connectivity index (χ1v) is 6.20. The van der Waals surface area contributed by atoms with Gasteiger partial charge < -0.3 is 11.1 Å². The number of amides is 1. The minimum Gasteiger partial charge on any atom is -0.352 e. The molecule has 4 heteroatoms. The third-order valence-corrected chi connectivity index (χ3v) is 3.71. The lowest BCUT2D eigenvalue weighted by Crippen LogP contribution is -2.54. The van der Waals surface area contributed by atoms with Crippen LogP contribution in [0.2, 0.25) is 0 Å². The minimum atomic E-state index is -0.558. The van der Waals surface area contributed by atoms with Crippen LogP contribution in [0.4, 0.5) is 0 Å². The average Bonchev–Trinajstić information content (AvgIpc) is 2.86. The predicted molar refractivity (Wildman–Crippen MR) is 67.6 cm³/mol. The van der Waals surface area contributed by atoms with E-state index in [9.17, 15) is 4.79 Å². The van der Waals surface area contributed by atoms with Gasteiger partial charge in [0.25, 0.3) is 0 Å². The summed E-state index contributed by atoms with van der Waals surface area (Å²) < 4.78 is 0. The van der Waals surface area contributed by atoms with Crippen LogP contribution >= 0.6 is 12.4 Å². The maximum absolute atomic E-state index is 11.9. The maximum Gasteiger partial charge on any atom is 0.240 e. The van der Waals surface area contributed by atoms with E-state index in [1.165, 1.54) is 12.8 Å². The molecule has 2 aliphatic carbocycles. The topological polar surface area (TPSA) is 55.1 Å². The van der Waals surface area contributed by atoms with Crippen molar-refractivity contribution >= 4 is 18.3 Å². The summed E-state index contributed by atoms with van der Waals surface area (Å²) in [7, 11) is 0. The van der Waals surface area contributed by atoms with Crippen LogP contribution in [0.15, 0.2) is 0 Å². The van der Waals surface area contributed by atoms with Crippen molar-refractivity contribution in [3.63, 3.8) is 0 Å². The van der Waals surface area contributed by atoms with Gasteiger partial charge in [-0.3, -0.25) is 4.79 Å². The Morgan fingerprint density at radius 1 is 1.44 bits per heavy atom. The van der Waals surface area contributed by atoms with Gasteiger partial charge in [0.1, 0.15) is 0 Å². The third-order valence-electron chi connectivity index (χ3n) is 3.71. The molecule has 0 heterocycles. The Labute approximate surface area is 104 Å². The number of carbonyl (C=O) groups is 1. The Hall–Kier alpha value is -0.280. The van der Waals surface area contributed by atoms with Crippen molar-refractivity contribution in [3.05, 3.63) is 0 Å². The quantitative estimate of drug-likeness (QED) is 0.797. The van der Waals surface area contributed by atoms with Gasteiger partial charge in [0.05, 0.1) is 5.54 Å². The smallest absolute Gasteiger partial charge is 0.240 e. The maximum atomic E-state index is 11.9. The van der Waals surface area contributed by atoms with Crippen LogP contribution in [0.5, 0.6) is 0 Å². The van der Waals surface area contributed by atoms with Gasteiger partial charge in [-0.15, -0.1) is 12.4 Å². The number of rotatable bonds is 4. The molecule has 3 nitrogen and oxygen atoms in total. The fourth-order valence-electron chi connectivity index (χ4n) is 2.51. The molecule has 0 bridgehead atoms. The Morgan fingerprint density at radius 3 is 2.50 bits per heavy atom. The fourth-order valence-corrected chi connectivity index (χ4v) is 2.51. The van der Waals surface area contributed by atoms with E-state index in [1.54, 1.807) is 0 Å². The van der Waals surface area contributed by atoms with Crippen molar-refractivity contribution in [3.8, 4) is 0 Å². The zero-order chi connectivity index (χ0) is 10.9. The lowest BCUT2D eigenvalue weighted by molar-refractivity contribution is -0.126. The number of nitrogens with two attached hydrogens (primary N) is 1. The van der Waals surface area contributed by atoms with Crippen LogP contribution in [-0.4, -0.2) is 17.5 Å². The number of halogens is 1. The molecular weight excluding hydrogens is 224 g/mol. The molecule has 0 spiro atoms. The van der Waals surface area contributed by atoms with Crippen LogP contribution in [0.1, 0.15) is 51.9 Å². The number of hydrogen-bond acceptors (Lipinski definition) is 2. The highest BCUT2D eigenvalue weighted by atomic mass is 35.5. The molecule has 2 fully saturated rings. The molecule has 1 atom stereocenters. The lowest BCUT2D eigenvalue weighted by atomic mass is 9.97. The molecule has 2 rings (SSSR count). The van der Waals surface area contributed by atoms with Gasteiger partial charge >= 0.3 is 0 Å². The molecule has 1 amide bonds. The van der Waals surface area contributed by atoms with Crippen molar-refractivity contribution in [1.82, 2.24) is 5.32 Å². The molecule has 16 heavy (non-hydrogen) atoms. The van der Waals surface area contributed by atoms with E-state index >= 15 is 0 Å². The summed E-state index contributed by atoms with van der Waals surface area (Å²) in [5.74, 6) is 0.936. The summed E-state index contributed by atoms with van der Waals surface area (Å²) in [5, 5.41) is 3.07. The molecule has 0 aromatic rings. The first-order chi connectivity index (χ1) is 7.10. The third kappa shape index (κ3) is 3.36. The van der Waals surface area contributed by atoms with Gasteiger partial charge in [-0.2, -0.15) is 0 Å². The molecule has 0 radical (unpaired) electrons. The highest BCUT2D eigenvalue weighted by Crippen LogP contribution is 2.33. The van der Waals surface area contributed by atoms with Gasteiger partial charge in [0, 0.05) is 6.04 Å². The van der Waals surface area contributed by atoms with Crippen LogP contribution in [-0.2, 0) is 4.79 Å². The van der Waals surface area contributed by atoms with Gasteiger partial charge in [-0.05, 0) is 32.1 Å². The Kier molecular flexibility index (Phi) is 4.62. The van der Waals surface area contributed by atoms with E-state index in [2.05, 4.69) is 12.2 Å². The molecule has 2 saturated carbocycles. The summed E-state index contributed by atoms with van der Waals surface area (Å²) in [6.07, 6.45) is 7.72. The van der Waals surface area contributed by atoms with Gasteiger partial charge in [-0.1, -0.05) is 25.7 Å². The monoisotopic (exact) mass is 246 g/mol. The fraction of sp³-hybridized carbons (Fsp3) is 0.917. The molecule has 0 aliphatic heterocycles. The number of nitrogens with one attached hydrogen (secondary N) is 1. The predicted octanol–water partition coefficient (Wildman–Crippen LogP) is 1.98. The first-order valence-electron chi connectivity index (χ1n) is 6.20. The minimum absolute atomic E-state index is 0. The Balaban J connectivity index is 0.00000128. The summed E-state index contributed by atoms with van der Waals surface area (Å²) in [6, 6.07) is 0.297. The van der Waals surface area contributed by atoms with Crippen LogP contribution in [0.25, 0.3) is 0 Å².